The molecule has 0 spiro atoms. The molecule has 1 unspecified atom stereocenters. The van der Waals surface area contributed by atoms with Gasteiger partial charge in [0.2, 0.25) is 0 Å². The van der Waals surface area contributed by atoms with E-state index in [1.165, 1.54) is 167 Å². The van der Waals surface area contributed by atoms with Crippen LogP contribution in [0.15, 0.2) is 182 Å². The van der Waals surface area contributed by atoms with E-state index in [0.29, 0.717) is 12.8 Å². The highest BCUT2D eigenvalue weighted by Crippen LogP contribution is 2.17. The zero-order valence-electron chi connectivity index (χ0n) is 58.3. The van der Waals surface area contributed by atoms with Crippen molar-refractivity contribution in [3.05, 3.63) is 182 Å². The Labute approximate surface area is 556 Å². The molecule has 0 saturated carbocycles. The lowest BCUT2D eigenvalue weighted by molar-refractivity contribution is -0.161. The zero-order chi connectivity index (χ0) is 64.7. The minimum atomic E-state index is -0.809. The van der Waals surface area contributed by atoms with Gasteiger partial charge in [0.25, 0.3) is 0 Å². The number of esters is 2. The van der Waals surface area contributed by atoms with Gasteiger partial charge >= 0.3 is 11.9 Å². The van der Waals surface area contributed by atoms with Crippen molar-refractivity contribution >= 4 is 11.9 Å². The second-order valence-electron chi connectivity index (χ2n) is 24.3. The van der Waals surface area contributed by atoms with E-state index in [0.717, 1.165) is 122 Å². The van der Waals surface area contributed by atoms with E-state index >= 15 is 0 Å². The fourth-order valence-corrected chi connectivity index (χ4v) is 10.1. The van der Waals surface area contributed by atoms with Crippen molar-refractivity contribution in [2.45, 2.75) is 328 Å². The highest BCUT2D eigenvalue weighted by Gasteiger charge is 2.16. The van der Waals surface area contributed by atoms with Crippen LogP contribution in [0.2, 0.25) is 0 Å². The molecule has 0 saturated heterocycles. The molecule has 0 aromatic carbocycles. The quantitative estimate of drug-likeness (QED) is 0.0373. The van der Waals surface area contributed by atoms with Gasteiger partial charge in [-0.05, 0) is 141 Å². The highest BCUT2D eigenvalue weighted by atomic mass is 16.6. The van der Waals surface area contributed by atoms with Crippen LogP contribution in [0.3, 0.4) is 0 Å². The summed E-state index contributed by atoms with van der Waals surface area (Å²) >= 11 is 0. The van der Waals surface area contributed by atoms with Crippen LogP contribution in [-0.4, -0.2) is 36.4 Å². The molecule has 0 heterocycles. The predicted octanol–water partition coefficient (Wildman–Crippen LogP) is 26.5. The third kappa shape index (κ3) is 75.5. The van der Waals surface area contributed by atoms with Crippen LogP contribution >= 0.6 is 0 Å². The van der Waals surface area contributed by atoms with Gasteiger partial charge in [0, 0.05) is 12.8 Å². The summed E-state index contributed by atoms with van der Waals surface area (Å²) in [6, 6.07) is 0. The summed E-state index contributed by atoms with van der Waals surface area (Å²) in [7, 11) is 0. The molecule has 0 aromatic heterocycles. The lowest BCUT2D eigenvalue weighted by Crippen LogP contribution is -2.28. The zero-order valence-corrected chi connectivity index (χ0v) is 58.3. The van der Waals surface area contributed by atoms with E-state index in [1.54, 1.807) is 0 Å². The molecule has 0 radical (unpaired) electrons. The fraction of sp³-hybridized carbons (Fsp3) is 0.624. The fourth-order valence-electron chi connectivity index (χ4n) is 10.1. The van der Waals surface area contributed by atoms with Crippen molar-refractivity contribution in [1.29, 1.82) is 0 Å². The van der Waals surface area contributed by atoms with Crippen LogP contribution in [-0.2, 0) is 19.1 Å². The molecular weight excluding hydrogens is 1100 g/mol. The minimum Gasteiger partial charge on any atom is -0.462 e. The maximum absolute atomic E-state index is 12.4. The van der Waals surface area contributed by atoms with Gasteiger partial charge in [-0.3, -0.25) is 9.59 Å². The number of aliphatic hydroxyl groups is 1. The Kier molecular flexibility index (Phi) is 73.9. The van der Waals surface area contributed by atoms with Gasteiger partial charge in [0.05, 0.1) is 6.61 Å². The summed E-state index contributed by atoms with van der Waals surface area (Å²) in [6.07, 6.45) is 122. The Hall–Kier alpha value is -5.00. The summed E-state index contributed by atoms with van der Waals surface area (Å²) in [5.74, 6) is -0.644. The van der Waals surface area contributed by atoms with Crippen LogP contribution in [0.1, 0.15) is 322 Å². The average molecular weight is 1240 g/mol. The summed E-state index contributed by atoms with van der Waals surface area (Å²) in [5, 5.41) is 9.71. The summed E-state index contributed by atoms with van der Waals surface area (Å²) in [4.78, 5) is 24.7. The van der Waals surface area contributed by atoms with E-state index in [9.17, 15) is 14.7 Å². The maximum Gasteiger partial charge on any atom is 0.306 e. The molecule has 0 fully saturated rings. The molecule has 0 rings (SSSR count). The number of aliphatic hydroxyl groups excluding tert-OH is 1. The molecule has 90 heavy (non-hydrogen) atoms. The van der Waals surface area contributed by atoms with Gasteiger partial charge in [-0.15, -0.1) is 0 Å². The van der Waals surface area contributed by atoms with Crippen molar-refractivity contribution in [3.8, 4) is 0 Å². The average Bonchev–Trinajstić information content (AvgIpc) is 3.59. The minimum absolute atomic E-state index is 0.0919. The molecule has 0 aliphatic rings. The molecule has 1 atom stereocenters. The van der Waals surface area contributed by atoms with E-state index in [-0.39, 0.29) is 31.6 Å². The van der Waals surface area contributed by atoms with Crippen molar-refractivity contribution in [2.75, 3.05) is 13.2 Å². The topological polar surface area (TPSA) is 72.8 Å². The van der Waals surface area contributed by atoms with Gasteiger partial charge in [-0.2, -0.15) is 0 Å². The van der Waals surface area contributed by atoms with Crippen molar-refractivity contribution < 1.29 is 24.2 Å². The Morgan fingerprint density at radius 1 is 0.267 bits per heavy atom. The third-order valence-corrected chi connectivity index (χ3v) is 15.7. The van der Waals surface area contributed by atoms with E-state index < -0.39 is 6.10 Å². The number of carbonyl (C=O) groups is 2. The van der Waals surface area contributed by atoms with Gasteiger partial charge in [-0.1, -0.05) is 350 Å². The van der Waals surface area contributed by atoms with Gasteiger partial charge in [-0.25, -0.2) is 0 Å². The SMILES string of the molecule is CC/C=C\C/C=C\C/C=C\C/C=C\C/C=C\C/C=C\C/C=C\C/C=C\C/C=C\C/C=C\C/C=C\C/C=C\CCCCC(=O)OC(CO)COC(=O)CCCCCCCCCCCCCCCCCCCCCCCC/C=C\C/C=C\C/C=C\CCCCCCC. The first-order valence-electron chi connectivity index (χ1n) is 37.3. The standard InChI is InChI=1S/C85H138O5/c1-3-5-7-9-11-13-15-17-19-21-23-25-27-29-31-33-35-37-39-41-42-44-46-48-50-52-54-56-58-60-62-64-66-68-70-72-74-76-78-80-85(88)90-83(81-86)82-89-84(87)79-77-75-73-71-69-67-65-63-61-59-57-55-53-51-49-47-45-43-40-38-36-34-32-30-28-26-24-22-20-18-16-14-12-10-8-6-4-2/h5,7,11,13,16-19,22-25,28-31,35,37,41-42,46,48,52,54,58,60,64,66,70,72,83,86H,3-4,6,8-10,12,14-15,20-21,26-27,32-34,36,38-40,43-45,47,49-51,53,55-57,59,61-63,65,67-69,71,73-82H2,1-2H3/b7-5-,13-11-,18-16-,19-17-,24-22-,25-23-,30-28-,31-29-,37-35-,42-41-,48-46-,54-52-,60-58-,66-64-,72-70-. The monoisotopic (exact) mass is 1240 g/mol. The number of unbranched alkanes of at least 4 members (excludes halogenated alkanes) is 29. The predicted molar refractivity (Wildman–Crippen MR) is 398 cm³/mol. The third-order valence-electron chi connectivity index (χ3n) is 15.7. The molecule has 5 nitrogen and oxygen atoms in total. The molecule has 0 aromatic rings. The summed E-state index contributed by atoms with van der Waals surface area (Å²) in [6.45, 7) is 3.99. The number of allylic oxidation sites excluding steroid dienone is 30. The lowest BCUT2D eigenvalue weighted by Gasteiger charge is -2.15. The molecule has 0 bridgehead atoms. The Bertz CT molecular complexity index is 1990. The summed E-state index contributed by atoms with van der Waals surface area (Å²) < 4.78 is 10.7. The summed E-state index contributed by atoms with van der Waals surface area (Å²) in [5.41, 5.74) is 0. The second kappa shape index (κ2) is 78.2. The molecule has 508 valence electrons. The number of ether oxygens (including phenoxy) is 2. The van der Waals surface area contributed by atoms with Crippen LogP contribution in [0.5, 0.6) is 0 Å². The molecule has 1 N–H and O–H groups in total. The van der Waals surface area contributed by atoms with Crippen molar-refractivity contribution in [3.63, 3.8) is 0 Å². The molecular formula is C85H138O5. The van der Waals surface area contributed by atoms with Gasteiger partial charge < -0.3 is 14.6 Å². The molecule has 0 aliphatic carbocycles. The Morgan fingerprint density at radius 3 is 0.744 bits per heavy atom. The highest BCUT2D eigenvalue weighted by molar-refractivity contribution is 5.70. The smallest absolute Gasteiger partial charge is 0.306 e. The van der Waals surface area contributed by atoms with Crippen molar-refractivity contribution in [2.24, 2.45) is 0 Å². The van der Waals surface area contributed by atoms with Crippen LogP contribution in [0.4, 0.5) is 0 Å². The second-order valence-corrected chi connectivity index (χ2v) is 24.3. The van der Waals surface area contributed by atoms with Gasteiger partial charge in [0.1, 0.15) is 6.61 Å². The Morgan fingerprint density at radius 2 is 0.478 bits per heavy atom. The normalized spacial score (nSPS) is 13.3. The number of carbonyl (C=O) groups excluding carboxylic acids is 2. The van der Waals surface area contributed by atoms with Crippen LogP contribution in [0.25, 0.3) is 0 Å². The van der Waals surface area contributed by atoms with Gasteiger partial charge in [0.15, 0.2) is 6.10 Å². The molecule has 0 aliphatic heterocycles. The molecule has 5 heteroatoms. The maximum atomic E-state index is 12.4. The molecule has 0 amide bonds. The van der Waals surface area contributed by atoms with Crippen LogP contribution in [0, 0.1) is 0 Å². The van der Waals surface area contributed by atoms with E-state index in [2.05, 4.69) is 196 Å². The number of rotatable bonds is 67. The first-order valence-corrected chi connectivity index (χ1v) is 37.3. The number of hydrogen-bond acceptors (Lipinski definition) is 5. The van der Waals surface area contributed by atoms with Crippen LogP contribution < -0.4 is 0 Å². The Balaban J connectivity index is 3.59. The van der Waals surface area contributed by atoms with E-state index in [1.807, 2.05) is 0 Å². The first-order chi connectivity index (χ1) is 44.6. The van der Waals surface area contributed by atoms with E-state index in [4.69, 9.17) is 9.47 Å². The lowest BCUT2D eigenvalue weighted by atomic mass is 10.0. The number of hydrogen-bond donors (Lipinski definition) is 1. The largest absolute Gasteiger partial charge is 0.462 e. The first kappa shape index (κ1) is 85.0. The van der Waals surface area contributed by atoms with Crippen molar-refractivity contribution in [1.82, 2.24) is 0 Å².